The molecule has 0 spiro atoms. The van der Waals surface area contributed by atoms with Gasteiger partial charge < -0.3 is 16.0 Å². The summed E-state index contributed by atoms with van der Waals surface area (Å²) in [6.07, 6.45) is 7.52. The Morgan fingerprint density at radius 2 is 2.13 bits per heavy atom. The molecule has 124 valence electrons. The van der Waals surface area contributed by atoms with E-state index in [9.17, 15) is 9.18 Å². The van der Waals surface area contributed by atoms with E-state index >= 15 is 0 Å². The largest absolute Gasteiger partial charge is 0.352 e. The van der Waals surface area contributed by atoms with Crippen molar-refractivity contribution in [1.82, 2.24) is 10.3 Å². The lowest BCUT2D eigenvalue weighted by atomic mass is 9.82. The quantitative estimate of drug-likeness (QED) is 0.704. The minimum atomic E-state index is -0.676. The molecule has 0 saturated heterocycles. The van der Waals surface area contributed by atoms with Crippen molar-refractivity contribution in [3.63, 3.8) is 0 Å². The van der Waals surface area contributed by atoms with E-state index in [-0.39, 0.29) is 11.8 Å². The SMILES string of the molecule is C[C@H]1CC[C@H](C(=O)NCc2ccc(N/C=C(/F)C=N)nc2)CC1. The van der Waals surface area contributed by atoms with Crippen LogP contribution in [0.5, 0.6) is 0 Å². The summed E-state index contributed by atoms with van der Waals surface area (Å²) in [6, 6.07) is 3.53. The predicted octanol–water partition coefficient (Wildman–Crippen LogP) is 3.40. The van der Waals surface area contributed by atoms with Crippen molar-refractivity contribution in [1.29, 1.82) is 5.41 Å². The number of amides is 1. The summed E-state index contributed by atoms with van der Waals surface area (Å²) in [4.78, 5) is 16.3. The molecule has 0 atom stereocenters. The van der Waals surface area contributed by atoms with Gasteiger partial charge in [-0.25, -0.2) is 9.37 Å². The van der Waals surface area contributed by atoms with Crippen LogP contribution in [0.2, 0.25) is 0 Å². The highest BCUT2D eigenvalue weighted by Gasteiger charge is 2.23. The van der Waals surface area contributed by atoms with Crippen molar-refractivity contribution in [3.05, 3.63) is 35.9 Å². The van der Waals surface area contributed by atoms with Crippen LogP contribution in [0.25, 0.3) is 0 Å². The summed E-state index contributed by atoms with van der Waals surface area (Å²) < 4.78 is 12.8. The molecule has 1 saturated carbocycles. The molecule has 6 heteroatoms. The number of rotatable bonds is 6. The number of pyridine rings is 1. The standard InChI is InChI=1S/C17H23FN4O/c1-12-2-5-14(6-3-12)17(23)22-10-13-4-7-16(20-9-13)21-11-15(18)8-19/h4,7-9,11-12,14,19H,2-3,5-6,10H2,1H3,(H,20,21)(H,22,23)/b15-11+,19-8?/t12-,14-. The number of nitrogens with one attached hydrogen (secondary N) is 3. The first-order chi connectivity index (χ1) is 11.1. The molecule has 3 N–H and O–H groups in total. The predicted molar refractivity (Wildman–Crippen MR) is 88.8 cm³/mol. The van der Waals surface area contributed by atoms with Crippen LogP contribution in [0.1, 0.15) is 38.2 Å². The summed E-state index contributed by atoms with van der Waals surface area (Å²) in [5.41, 5.74) is 0.893. The van der Waals surface area contributed by atoms with Gasteiger partial charge in [0.15, 0.2) is 5.83 Å². The van der Waals surface area contributed by atoms with Gasteiger partial charge in [0.05, 0.1) is 6.21 Å². The molecule has 1 aliphatic rings. The molecule has 1 aromatic heterocycles. The molecule has 0 radical (unpaired) electrons. The van der Waals surface area contributed by atoms with Gasteiger partial charge in [-0.15, -0.1) is 0 Å². The Labute approximate surface area is 135 Å². The first-order valence-electron chi connectivity index (χ1n) is 7.94. The second-order valence-electron chi connectivity index (χ2n) is 6.04. The van der Waals surface area contributed by atoms with Crippen LogP contribution in [-0.2, 0) is 11.3 Å². The lowest BCUT2D eigenvalue weighted by molar-refractivity contribution is -0.126. The molecule has 1 aromatic rings. The number of aromatic nitrogens is 1. The molecule has 0 aliphatic heterocycles. The average Bonchev–Trinajstić information content (AvgIpc) is 2.59. The number of allylic oxidation sites excluding steroid dienone is 1. The minimum Gasteiger partial charge on any atom is -0.352 e. The van der Waals surface area contributed by atoms with Crippen LogP contribution < -0.4 is 10.6 Å². The van der Waals surface area contributed by atoms with E-state index in [1.54, 1.807) is 12.3 Å². The first-order valence-corrected chi connectivity index (χ1v) is 7.94. The molecule has 1 fully saturated rings. The van der Waals surface area contributed by atoms with Gasteiger partial charge in [0, 0.05) is 24.9 Å². The molecule has 0 unspecified atom stereocenters. The van der Waals surface area contributed by atoms with Crippen LogP contribution in [0.15, 0.2) is 30.4 Å². The van der Waals surface area contributed by atoms with Crippen LogP contribution in [0, 0.1) is 17.2 Å². The number of carbonyl (C=O) groups is 1. The monoisotopic (exact) mass is 318 g/mol. The van der Waals surface area contributed by atoms with E-state index in [1.165, 1.54) is 0 Å². The van der Waals surface area contributed by atoms with Crippen molar-refractivity contribution in [2.24, 2.45) is 11.8 Å². The molecule has 1 heterocycles. The maximum atomic E-state index is 12.8. The smallest absolute Gasteiger partial charge is 0.223 e. The maximum absolute atomic E-state index is 12.8. The number of hydrogen-bond donors (Lipinski definition) is 3. The highest BCUT2D eigenvalue weighted by atomic mass is 19.1. The molecule has 1 aliphatic carbocycles. The number of nitrogens with zero attached hydrogens (tertiary/aromatic N) is 1. The Kier molecular flexibility index (Phi) is 6.26. The normalized spacial score (nSPS) is 21.6. The zero-order valence-electron chi connectivity index (χ0n) is 13.3. The van der Waals surface area contributed by atoms with E-state index in [0.29, 0.717) is 18.6 Å². The molecular weight excluding hydrogens is 295 g/mol. The number of halogens is 1. The van der Waals surface area contributed by atoms with Gasteiger partial charge in [-0.05, 0) is 43.2 Å². The fourth-order valence-corrected chi connectivity index (χ4v) is 2.65. The van der Waals surface area contributed by atoms with Crippen LogP contribution in [0.4, 0.5) is 10.2 Å². The zero-order chi connectivity index (χ0) is 16.7. The van der Waals surface area contributed by atoms with Gasteiger partial charge in [0.25, 0.3) is 0 Å². The zero-order valence-corrected chi connectivity index (χ0v) is 13.3. The summed E-state index contributed by atoms with van der Waals surface area (Å²) in [5.74, 6) is 0.794. The summed E-state index contributed by atoms with van der Waals surface area (Å²) in [6.45, 7) is 2.68. The third-order valence-electron chi connectivity index (χ3n) is 4.17. The van der Waals surface area contributed by atoms with Gasteiger partial charge in [0.2, 0.25) is 5.91 Å². The lowest BCUT2D eigenvalue weighted by Gasteiger charge is -2.25. The number of anilines is 1. The van der Waals surface area contributed by atoms with Crippen LogP contribution in [-0.4, -0.2) is 17.1 Å². The minimum absolute atomic E-state index is 0.120. The Morgan fingerprint density at radius 1 is 1.39 bits per heavy atom. The molecular formula is C17H23FN4O. The fourth-order valence-electron chi connectivity index (χ4n) is 2.65. The second-order valence-corrected chi connectivity index (χ2v) is 6.04. The highest BCUT2D eigenvalue weighted by molar-refractivity contribution is 5.78. The lowest BCUT2D eigenvalue weighted by Crippen LogP contribution is -2.32. The van der Waals surface area contributed by atoms with Gasteiger partial charge >= 0.3 is 0 Å². The molecule has 23 heavy (non-hydrogen) atoms. The maximum Gasteiger partial charge on any atom is 0.223 e. The van der Waals surface area contributed by atoms with E-state index in [4.69, 9.17) is 5.41 Å². The van der Waals surface area contributed by atoms with E-state index < -0.39 is 5.83 Å². The summed E-state index contributed by atoms with van der Waals surface area (Å²) in [5, 5.41) is 12.3. The highest BCUT2D eigenvalue weighted by Crippen LogP contribution is 2.28. The molecule has 5 nitrogen and oxygen atoms in total. The Morgan fingerprint density at radius 3 is 2.74 bits per heavy atom. The molecule has 0 aromatic carbocycles. The van der Waals surface area contributed by atoms with E-state index in [2.05, 4.69) is 22.5 Å². The summed E-state index contributed by atoms with van der Waals surface area (Å²) >= 11 is 0. The van der Waals surface area contributed by atoms with E-state index in [1.807, 2.05) is 6.07 Å². The summed E-state index contributed by atoms with van der Waals surface area (Å²) in [7, 11) is 0. The second kappa shape index (κ2) is 8.41. The van der Waals surface area contributed by atoms with Crippen LogP contribution in [0.3, 0.4) is 0 Å². The topological polar surface area (TPSA) is 77.9 Å². The van der Waals surface area contributed by atoms with Crippen LogP contribution >= 0.6 is 0 Å². The van der Waals surface area contributed by atoms with Gasteiger partial charge in [-0.1, -0.05) is 13.0 Å². The van der Waals surface area contributed by atoms with Crippen molar-refractivity contribution >= 4 is 17.9 Å². The number of carbonyl (C=O) groups excluding carboxylic acids is 1. The van der Waals surface area contributed by atoms with Gasteiger partial charge in [-0.3, -0.25) is 4.79 Å². The Bertz CT molecular complexity index is 562. The Hall–Kier alpha value is -2.24. The van der Waals surface area contributed by atoms with Crippen molar-refractivity contribution < 1.29 is 9.18 Å². The van der Waals surface area contributed by atoms with Crippen molar-refractivity contribution in [3.8, 4) is 0 Å². The average molecular weight is 318 g/mol. The third kappa shape index (κ3) is 5.47. The van der Waals surface area contributed by atoms with E-state index in [0.717, 1.165) is 43.4 Å². The molecule has 1 amide bonds. The molecule has 0 bridgehead atoms. The third-order valence-corrected chi connectivity index (χ3v) is 4.17. The first kappa shape index (κ1) is 17.1. The number of hydrogen-bond acceptors (Lipinski definition) is 4. The van der Waals surface area contributed by atoms with Gasteiger partial charge in [0.1, 0.15) is 5.82 Å². The van der Waals surface area contributed by atoms with Gasteiger partial charge in [-0.2, -0.15) is 0 Å². The Balaban J connectivity index is 1.79. The molecule has 2 rings (SSSR count). The van der Waals surface area contributed by atoms with Crippen molar-refractivity contribution in [2.45, 2.75) is 39.2 Å². The van der Waals surface area contributed by atoms with Crippen molar-refractivity contribution in [2.75, 3.05) is 5.32 Å². The fraction of sp³-hybridized carbons (Fsp3) is 0.471.